The monoisotopic (exact) mass is 569 g/mol. The molecular formula is C28H39N5O6Si. The summed E-state index contributed by atoms with van der Waals surface area (Å²) in [4.78, 5) is 20.9. The second-order valence-electron chi connectivity index (χ2n) is 12.2. The zero-order chi connectivity index (χ0) is 28.9. The van der Waals surface area contributed by atoms with Gasteiger partial charge in [-0.2, -0.15) is 5.10 Å². The lowest BCUT2D eigenvalue weighted by atomic mass is 10.1. The summed E-state index contributed by atoms with van der Waals surface area (Å²) in [6.45, 7) is 15.2. The number of methoxy groups -OCH3 is 1. The number of nitrogens with zero attached hydrogens (tertiary/aromatic N) is 4. The number of anilines is 1. The topological polar surface area (TPSA) is 119 Å². The fourth-order valence-corrected chi connectivity index (χ4v) is 5.82. The molecule has 2 aliphatic rings. The highest BCUT2D eigenvalue weighted by molar-refractivity contribution is 6.74. The van der Waals surface area contributed by atoms with Crippen LogP contribution in [-0.4, -0.2) is 78.4 Å². The van der Waals surface area contributed by atoms with E-state index < -0.39 is 32.4 Å². The van der Waals surface area contributed by atoms with Crippen molar-refractivity contribution in [2.24, 2.45) is 0 Å². The Morgan fingerprint density at radius 1 is 1.12 bits per heavy atom. The van der Waals surface area contributed by atoms with Crippen molar-refractivity contribution in [1.82, 2.24) is 19.7 Å². The molecule has 2 aliphatic heterocycles. The maximum absolute atomic E-state index is 11.9. The van der Waals surface area contributed by atoms with E-state index in [1.54, 1.807) is 4.68 Å². The fourth-order valence-electron chi connectivity index (χ4n) is 4.81. The molecule has 3 aromatic rings. The number of rotatable bonds is 8. The van der Waals surface area contributed by atoms with E-state index in [0.717, 1.165) is 5.56 Å². The molecule has 2 fully saturated rings. The smallest absolute Gasteiger partial charge is 0.325 e. The van der Waals surface area contributed by atoms with Crippen LogP contribution < -0.4 is 5.32 Å². The molecule has 0 radical (unpaired) electrons. The predicted octanol–water partition coefficient (Wildman–Crippen LogP) is 4.52. The van der Waals surface area contributed by atoms with Gasteiger partial charge in [-0.05, 0) is 32.0 Å². The van der Waals surface area contributed by atoms with E-state index in [1.165, 1.54) is 13.4 Å². The second-order valence-corrected chi connectivity index (χ2v) is 17.0. The molecule has 2 saturated heterocycles. The number of hydrogen-bond acceptors (Lipinski definition) is 10. The van der Waals surface area contributed by atoms with Crippen molar-refractivity contribution >= 4 is 31.1 Å². The molecule has 0 amide bonds. The van der Waals surface area contributed by atoms with Gasteiger partial charge in [0.1, 0.15) is 42.7 Å². The lowest BCUT2D eigenvalue weighted by Gasteiger charge is -2.37. The number of nitrogens with one attached hydrogen (secondary N) is 1. The molecule has 5 rings (SSSR count). The van der Waals surface area contributed by atoms with Gasteiger partial charge in [0.15, 0.2) is 26.0 Å². The van der Waals surface area contributed by atoms with Crippen molar-refractivity contribution < 1.29 is 28.2 Å². The first-order valence-corrected chi connectivity index (χ1v) is 16.5. The summed E-state index contributed by atoms with van der Waals surface area (Å²) in [5.74, 6) is -0.734. The zero-order valence-electron chi connectivity index (χ0n) is 24.4. The van der Waals surface area contributed by atoms with Gasteiger partial charge in [0.2, 0.25) is 0 Å². The van der Waals surface area contributed by atoms with E-state index in [9.17, 15) is 4.79 Å². The van der Waals surface area contributed by atoms with Crippen molar-refractivity contribution in [2.75, 3.05) is 25.6 Å². The summed E-state index contributed by atoms with van der Waals surface area (Å²) in [6, 6.07) is 9.76. The van der Waals surface area contributed by atoms with Crippen LogP contribution >= 0.6 is 0 Å². The van der Waals surface area contributed by atoms with Crippen LogP contribution in [-0.2, 0) is 28.2 Å². The van der Waals surface area contributed by atoms with Gasteiger partial charge in [-0.15, -0.1) is 0 Å². The van der Waals surface area contributed by atoms with Crippen molar-refractivity contribution in [2.45, 2.75) is 83.1 Å². The molecule has 4 heterocycles. The average molecular weight is 570 g/mol. The number of ether oxygens (including phenoxy) is 4. The van der Waals surface area contributed by atoms with Gasteiger partial charge in [0.05, 0.1) is 19.1 Å². The standard InChI is InChI=1S/C28H39N5O6Si/c1-27(2,3)40(7,8)36-15-18-22-23(39-28(4,5)38-22)26(37-18)33-25-20(21(32-33)17-12-10-9-11-13-17)24(30-16-31-25)29-14-19(34)35-6/h9-13,16,18,22-23,26H,14-15H2,1-8H3,(H,29,30,31)/t18-,22-,23-,26-/m1/s1. The van der Waals surface area contributed by atoms with Crippen LogP contribution in [0.4, 0.5) is 5.82 Å². The van der Waals surface area contributed by atoms with Crippen LogP contribution in [0.25, 0.3) is 22.3 Å². The average Bonchev–Trinajstić information content (AvgIpc) is 3.54. The Balaban J connectivity index is 1.55. The van der Waals surface area contributed by atoms with Gasteiger partial charge in [0, 0.05) is 5.56 Å². The first-order valence-electron chi connectivity index (χ1n) is 13.6. The zero-order valence-corrected chi connectivity index (χ0v) is 25.4. The Morgan fingerprint density at radius 3 is 2.50 bits per heavy atom. The minimum absolute atomic E-state index is 0.0509. The molecule has 0 aliphatic carbocycles. The first kappa shape index (κ1) is 28.6. The molecule has 0 saturated carbocycles. The van der Waals surface area contributed by atoms with Gasteiger partial charge in [-0.1, -0.05) is 51.1 Å². The van der Waals surface area contributed by atoms with Gasteiger partial charge in [-0.25, -0.2) is 14.6 Å². The number of hydrogen-bond donors (Lipinski definition) is 1. The highest BCUT2D eigenvalue weighted by Crippen LogP contribution is 2.46. The van der Waals surface area contributed by atoms with Crippen molar-refractivity contribution in [1.29, 1.82) is 0 Å². The molecule has 1 N–H and O–H groups in total. The number of benzene rings is 1. The van der Waals surface area contributed by atoms with Gasteiger partial charge < -0.3 is 28.7 Å². The molecule has 1 aromatic carbocycles. The van der Waals surface area contributed by atoms with E-state index in [2.05, 4.69) is 49.1 Å². The molecule has 2 aromatic heterocycles. The maximum atomic E-state index is 11.9. The number of aromatic nitrogens is 4. The van der Waals surface area contributed by atoms with Gasteiger partial charge >= 0.3 is 5.97 Å². The third-order valence-electron chi connectivity index (χ3n) is 7.94. The van der Waals surface area contributed by atoms with Crippen LogP contribution in [0, 0.1) is 0 Å². The summed E-state index contributed by atoms with van der Waals surface area (Å²) in [5, 5.41) is 8.81. The van der Waals surface area contributed by atoms with Crippen molar-refractivity contribution in [3.8, 4) is 11.3 Å². The number of esters is 1. The van der Waals surface area contributed by atoms with E-state index in [0.29, 0.717) is 29.2 Å². The fraction of sp³-hybridized carbons (Fsp3) is 0.571. The van der Waals surface area contributed by atoms with E-state index in [-0.39, 0.29) is 23.8 Å². The molecule has 4 atom stereocenters. The number of carbonyl (C=O) groups excluding carboxylic acids is 1. The predicted molar refractivity (Wildman–Crippen MR) is 152 cm³/mol. The molecule has 0 spiro atoms. The van der Waals surface area contributed by atoms with Gasteiger partial charge in [-0.3, -0.25) is 4.79 Å². The number of carbonyl (C=O) groups is 1. The Labute approximate surface area is 235 Å². The Kier molecular flexibility index (Phi) is 7.51. The molecule has 0 bridgehead atoms. The maximum Gasteiger partial charge on any atom is 0.325 e. The summed E-state index contributed by atoms with van der Waals surface area (Å²) in [6.07, 6.45) is -0.318. The molecule has 12 heteroatoms. The normalized spacial score (nSPS) is 24.3. The SMILES string of the molecule is COC(=O)CNc1ncnc2c1c(-c1ccccc1)nn2[C@@H]1O[C@H](CO[Si](C)(C)C(C)(C)C)[C@H]2OC(C)(C)O[C@H]21. The van der Waals surface area contributed by atoms with Crippen LogP contribution in [0.2, 0.25) is 18.1 Å². The van der Waals surface area contributed by atoms with Crippen molar-refractivity contribution in [3.05, 3.63) is 36.7 Å². The minimum Gasteiger partial charge on any atom is -0.468 e. The summed E-state index contributed by atoms with van der Waals surface area (Å²) >= 11 is 0. The molecule has 11 nitrogen and oxygen atoms in total. The molecule has 40 heavy (non-hydrogen) atoms. The first-order chi connectivity index (χ1) is 18.8. The molecule has 216 valence electrons. The van der Waals surface area contributed by atoms with Crippen LogP contribution in [0.5, 0.6) is 0 Å². The highest BCUT2D eigenvalue weighted by atomic mass is 28.4. The summed E-state index contributed by atoms with van der Waals surface area (Å²) in [7, 11) is -0.687. The third kappa shape index (κ3) is 5.38. The minimum atomic E-state index is -2.03. The lowest BCUT2D eigenvalue weighted by Crippen LogP contribution is -2.44. The summed E-state index contributed by atoms with van der Waals surface area (Å²) in [5.41, 5.74) is 2.07. The van der Waals surface area contributed by atoms with E-state index in [4.69, 9.17) is 28.5 Å². The van der Waals surface area contributed by atoms with E-state index >= 15 is 0 Å². The number of fused-ring (bicyclic) bond motifs is 2. The second kappa shape index (κ2) is 10.5. The Bertz CT molecular complexity index is 1370. The van der Waals surface area contributed by atoms with Crippen molar-refractivity contribution in [3.63, 3.8) is 0 Å². The lowest BCUT2D eigenvalue weighted by molar-refractivity contribution is -0.200. The van der Waals surface area contributed by atoms with E-state index in [1.807, 2.05) is 44.2 Å². The quantitative estimate of drug-likeness (QED) is 0.306. The largest absolute Gasteiger partial charge is 0.468 e. The Morgan fingerprint density at radius 2 is 1.82 bits per heavy atom. The molecule has 0 unspecified atom stereocenters. The third-order valence-corrected chi connectivity index (χ3v) is 12.4. The van der Waals surface area contributed by atoms with Crippen LogP contribution in [0.3, 0.4) is 0 Å². The van der Waals surface area contributed by atoms with Gasteiger partial charge in [0.25, 0.3) is 0 Å². The molecular weight excluding hydrogens is 530 g/mol. The van der Waals surface area contributed by atoms with Crippen LogP contribution in [0.1, 0.15) is 40.8 Å². The van der Waals surface area contributed by atoms with Crippen LogP contribution in [0.15, 0.2) is 36.7 Å². The summed E-state index contributed by atoms with van der Waals surface area (Å²) < 4.78 is 32.5. The highest BCUT2D eigenvalue weighted by Gasteiger charge is 2.57. The Hall–Kier alpha value is -2.90.